The Morgan fingerprint density at radius 3 is 2.37 bits per heavy atom. The van der Waals surface area contributed by atoms with Crippen molar-refractivity contribution in [2.24, 2.45) is 17.8 Å². The molecule has 0 aromatic heterocycles. The molecule has 3 heterocycles. The summed E-state index contributed by atoms with van der Waals surface area (Å²) < 4.78 is 12.3. The van der Waals surface area contributed by atoms with Crippen LogP contribution in [-0.2, 0) is 19.1 Å². The maximum absolute atomic E-state index is 14.9. The molecule has 1 N–H and O–H groups in total. The van der Waals surface area contributed by atoms with Crippen molar-refractivity contribution < 1.29 is 29.0 Å². The number of aliphatic hydroxyl groups excluding tert-OH is 1. The lowest BCUT2D eigenvalue weighted by molar-refractivity contribution is -0.145. The van der Waals surface area contributed by atoms with Gasteiger partial charge in [0.2, 0.25) is 11.8 Å². The van der Waals surface area contributed by atoms with E-state index in [1.807, 2.05) is 20.8 Å². The third-order valence-electron chi connectivity index (χ3n) is 9.32. The van der Waals surface area contributed by atoms with Crippen LogP contribution in [0.5, 0.6) is 5.75 Å². The number of para-hydroxylation sites is 1. The Labute approximate surface area is 283 Å². The molecule has 1 spiro atoms. The molecule has 3 saturated heterocycles. The fraction of sp³-hybridized carbons (Fsp3) is 0.457. The molecule has 3 aliphatic heterocycles. The summed E-state index contributed by atoms with van der Waals surface area (Å²) in [6.07, 6.45) is 2.90. The van der Waals surface area contributed by atoms with E-state index >= 15 is 0 Å². The van der Waals surface area contributed by atoms with Gasteiger partial charge in [0.1, 0.15) is 17.4 Å². The van der Waals surface area contributed by atoms with Crippen molar-refractivity contribution in [3.63, 3.8) is 0 Å². The molecule has 7 atom stereocenters. The minimum Gasteiger partial charge on any atom is -0.494 e. The first kappa shape index (κ1) is 34.2. The third-order valence-corrected chi connectivity index (χ3v) is 10.5. The van der Waals surface area contributed by atoms with Gasteiger partial charge in [-0.15, -0.1) is 13.2 Å². The smallest absolute Gasteiger partial charge is 0.253 e. The monoisotopic (exact) mass is 713 g/mol. The number of likely N-dealkylation sites (tertiary alicyclic amines) is 1. The van der Waals surface area contributed by atoms with Gasteiger partial charge in [0.05, 0.1) is 47.9 Å². The predicted octanol–water partition coefficient (Wildman–Crippen LogP) is 5.24. The van der Waals surface area contributed by atoms with Crippen LogP contribution in [0.3, 0.4) is 0 Å². The van der Waals surface area contributed by atoms with Crippen LogP contribution in [-0.4, -0.2) is 82.6 Å². The lowest BCUT2D eigenvalue weighted by Crippen LogP contribution is -2.60. The van der Waals surface area contributed by atoms with E-state index in [-0.39, 0.29) is 42.3 Å². The Balaban J connectivity index is 1.62. The minimum atomic E-state index is -1.32. The van der Waals surface area contributed by atoms with Crippen LogP contribution in [0.25, 0.3) is 0 Å². The molecule has 3 aliphatic rings. The highest BCUT2D eigenvalue weighted by molar-refractivity contribution is 9.09. The average molecular weight is 715 g/mol. The van der Waals surface area contributed by atoms with Gasteiger partial charge in [0, 0.05) is 23.6 Å². The highest BCUT2D eigenvalue weighted by Crippen LogP contribution is 2.61. The molecule has 2 aromatic carbocycles. The summed E-state index contributed by atoms with van der Waals surface area (Å²) in [7, 11) is 0. The van der Waals surface area contributed by atoms with Gasteiger partial charge in [0.25, 0.3) is 5.91 Å². The number of hydrogen-bond acceptors (Lipinski definition) is 6. The molecule has 3 unspecified atom stereocenters. The zero-order valence-corrected chi connectivity index (χ0v) is 28.7. The molecule has 0 radical (unpaired) electrons. The van der Waals surface area contributed by atoms with Crippen molar-refractivity contribution in [1.82, 2.24) is 4.90 Å². The molecule has 11 heteroatoms. The number of anilines is 2. The summed E-state index contributed by atoms with van der Waals surface area (Å²) in [6, 6.07) is 12.4. The quantitative estimate of drug-likeness (QED) is 0.225. The number of benzene rings is 2. The summed E-state index contributed by atoms with van der Waals surface area (Å²) in [5.41, 5.74) is -0.234. The number of nitrogens with zero attached hydrogens (tertiary/aromatic N) is 3. The zero-order chi connectivity index (χ0) is 33.3. The second-order valence-corrected chi connectivity index (χ2v) is 13.8. The zero-order valence-electron chi connectivity index (χ0n) is 26.4. The first-order valence-electron chi connectivity index (χ1n) is 15.6. The number of amides is 3. The predicted molar refractivity (Wildman–Crippen MR) is 182 cm³/mol. The first-order chi connectivity index (χ1) is 22.1. The lowest BCUT2D eigenvalue weighted by atomic mass is 9.70. The fourth-order valence-electron chi connectivity index (χ4n) is 7.38. The SMILES string of the molecule is C=CCN(C(=O)[C@H]1[C@H]2C(=O)N([C@@H](CO)C(C)C)C(C(=O)N(CC=C)c3ccccc3Cl)C23CC(Br)[C@@H]1O3)c1ccc(OCC)cc1. The molecule has 0 aliphatic carbocycles. The Hall–Kier alpha value is -3.18. The molecule has 246 valence electrons. The lowest BCUT2D eigenvalue weighted by Gasteiger charge is -2.40. The number of carbonyl (C=O) groups is 3. The molecule has 2 aromatic rings. The minimum absolute atomic E-state index is 0.127. The molecular weight excluding hydrogens is 674 g/mol. The Morgan fingerprint density at radius 1 is 1.13 bits per heavy atom. The number of ether oxygens (including phenoxy) is 2. The van der Waals surface area contributed by atoms with E-state index in [2.05, 4.69) is 29.1 Å². The van der Waals surface area contributed by atoms with Crippen molar-refractivity contribution in [3.05, 3.63) is 78.9 Å². The molecule has 46 heavy (non-hydrogen) atoms. The highest BCUT2D eigenvalue weighted by Gasteiger charge is 2.77. The Morgan fingerprint density at radius 2 is 1.78 bits per heavy atom. The number of aliphatic hydroxyl groups is 1. The van der Waals surface area contributed by atoms with Crippen LogP contribution >= 0.6 is 27.5 Å². The van der Waals surface area contributed by atoms with Crippen molar-refractivity contribution >= 4 is 56.6 Å². The second-order valence-electron chi connectivity index (χ2n) is 12.3. The Kier molecular flexibility index (Phi) is 10.3. The third kappa shape index (κ3) is 5.67. The van der Waals surface area contributed by atoms with E-state index in [4.69, 9.17) is 21.1 Å². The topological polar surface area (TPSA) is 99.6 Å². The normalized spacial score (nSPS) is 27.0. The van der Waals surface area contributed by atoms with Gasteiger partial charge in [-0.1, -0.05) is 65.7 Å². The molecular formula is C35H41BrClN3O6. The van der Waals surface area contributed by atoms with Gasteiger partial charge in [-0.25, -0.2) is 0 Å². The van der Waals surface area contributed by atoms with Crippen molar-refractivity contribution in [3.8, 4) is 5.75 Å². The number of alkyl halides is 1. The summed E-state index contributed by atoms with van der Waals surface area (Å²) in [4.78, 5) is 48.5. The highest BCUT2D eigenvalue weighted by atomic mass is 79.9. The summed E-state index contributed by atoms with van der Waals surface area (Å²) in [5, 5.41) is 11.0. The summed E-state index contributed by atoms with van der Waals surface area (Å²) in [5.74, 6) is -2.45. The summed E-state index contributed by atoms with van der Waals surface area (Å²) in [6.45, 7) is 13.9. The van der Waals surface area contributed by atoms with Gasteiger partial charge in [0.15, 0.2) is 0 Å². The molecule has 5 rings (SSSR count). The van der Waals surface area contributed by atoms with Crippen molar-refractivity contribution in [1.29, 1.82) is 0 Å². The van der Waals surface area contributed by atoms with E-state index in [1.165, 1.54) is 9.80 Å². The van der Waals surface area contributed by atoms with Crippen molar-refractivity contribution in [2.45, 2.75) is 55.8 Å². The van der Waals surface area contributed by atoms with E-state index < -0.39 is 41.5 Å². The second kappa shape index (κ2) is 13.9. The molecule has 3 fully saturated rings. The van der Waals surface area contributed by atoms with Crippen molar-refractivity contribution in [2.75, 3.05) is 36.1 Å². The van der Waals surface area contributed by atoms with Crippen LogP contribution in [0.2, 0.25) is 5.02 Å². The fourth-order valence-corrected chi connectivity index (χ4v) is 8.56. The maximum atomic E-state index is 14.9. The van der Waals surface area contributed by atoms with Crippen LogP contribution in [0.4, 0.5) is 11.4 Å². The van der Waals surface area contributed by atoms with Crippen LogP contribution in [0.1, 0.15) is 27.2 Å². The van der Waals surface area contributed by atoms with Crippen LogP contribution < -0.4 is 14.5 Å². The number of hydrogen-bond donors (Lipinski definition) is 1. The number of fused-ring (bicyclic) bond motifs is 1. The van der Waals surface area contributed by atoms with Gasteiger partial charge in [-0.05, 0) is 55.7 Å². The van der Waals surface area contributed by atoms with Gasteiger partial charge in [-0.3, -0.25) is 14.4 Å². The van der Waals surface area contributed by atoms with E-state index in [1.54, 1.807) is 65.6 Å². The standard InChI is InChI=1S/C35H41BrClN3O6/c1-6-17-38(22-13-15-23(16-14-22)45-8-3)32(42)28-29-33(43)40(27(20-41)21(4)5)31(35(29)19-24(36)30(28)46-35)34(44)39(18-7-2)26-12-10-9-11-25(26)37/h6-7,9-16,21,24,27-31,41H,1-2,8,17-20H2,3-5H3/t24?,27-,28-,29-,30-,31?,35?/m0/s1. The molecule has 9 nitrogen and oxygen atoms in total. The molecule has 3 amide bonds. The van der Waals surface area contributed by atoms with Crippen LogP contribution in [0, 0.1) is 17.8 Å². The Bertz CT molecular complexity index is 1490. The largest absolute Gasteiger partial charge is 0.494 e. The first-order valence-corrected chi connectivity index (χ1v) is 16.9. The van der Waals surface area contributed by atoms with E-state index in [0.29, 0.717) is 35.2 Å². The molecule has 2 bridgehead atoms. The van der Waals surface area contributed by atoms with Crippen LogP contribution in [0.15, 0.2) is 73.8 Å². The maximum Gasteiger partial charge on any atom is 0.253 e. The molecule has 0 saturated carbocycles. The summed E-state index contributed by atoms with van der Waals surface area (Å²) >= 11 is 10.3. The number of carbonyl (C=O) groups excluding carboxylic acids is 3. The van der Waals surface area contributed by atoms with Gasteiger partial charge >= 0.3 is 0 Å². The van der Waals surface area contributed by atoms with Gasteiger partial charge in [-0.2, -0.15) is 0 Å². The van der Waals surface area contributed by atoms with E-state index in [9.17, 15) is 19.5 Å². The average Bonchev–Trinajstić information content (AvgIpc) is 3.63. The van der Waals surface area contributed by atoms with E-state index in [0.717, 1.165) is 0 Å². The van der Waals surface area contributed by atoms with Gasteiger partial charge < -0.3 is 29.3 Å². The number of halogens is 2. The number of rotatable bonds is 13.